The summed E-state index contributed by atoms with van der Waals surface area (Å²) >= 11 is 0. The van der Waals surface area contributed by atoms with E-state index in [-0.39, 0.29) is 23.7 Å². The van der Waals surface area contributed by atoms with E-state index in [2.05, 4.69) is 16.0 Å². The average Bonchev–Trinajstić information content (AvgIpc) is 2.44. The van der Waals surface area contributed by atoms with Crippen LogP contribution in [0.15, 0.2) is 18.2 Å². The van der Waals surface area contributed by atoms with Gasteiger partial charge in [0.25, 0.3) is 11.6 Å². The first kappa shape index (κ1) is 15.4. The van der Waals surface area contributed by atoms with Crippen LogP contribution in [0.4, 0.5) is 11.4 Å². The normalized spacial score (nSPS) is 9.70. The zero-order chi connectivity index (χ0) is 15.1. The Balaban J connectivity index is 2.91. The van der Waals surface area contributed by atoms with Crippen molar-refractivity contribution in [3.05, 3.63) is 33.9 Å². The number of hydrogen-bond donors (Lipinski definition) is 3. The topological polar surface area (TPSA) is 113 Å². The Labute approximate surface area is 115 Å². The smallest absolute Gasteiger partial charge is 0.293 e. The Bertz CT molecular complexity index is 530. The molecule has 3 N–H and O–H groups in total. The molecule has 0 aromatic heterocycles. The lowest BCUT2D eigenvalue weighted by Crippen LogP contribution is -2.35. The van der Waals surface area contributed by atoms with E-state index in [4.69, 9.17) is 0 Å². The number of amides is 2. The van der Waals surface area contributed by atoms with Gasteiger partial charge in [0.1, 0.15) is 5.69 Å². The maximum Gasteiger partial charge on any atom is 0.293 e. The third-order valence-corrected chi connectivity index (χ3v) is 2.51. The summed E-state index contributed by atoms with van der Waals surface area (Å²) in [5, 5.41) is 18.5. The fourth-order valence-corrected chi connectivity index (χ4v) is 1.51. The van der Waals surface area contributed by atoms with Crippen molar-refractivity contribution in [3.63, 3.8) is 0 Å². The van der Waals surface area contributed by atoms with Gasteiger partial charge in [0, 0.05) is 25.2 Å². The molecule has 0 saturated heterocycles. The van der Waals surface area contributed by atoms with Crippen LogP contribution < -0.4 is 16.0 Å². The number of nitrogens with one attached hydrogen (secondary N) is 3. The van der Waals surface area contributed by atoms with E-state index in [9.17, 15) is 19.7 Å². The Morgan fingerprint density at radius 1 is 1.35 bits per heavy atom. The van der Waals surface area contributed by atoms with Crippen molar-refractivity contribution < 1.29 is 14.5 Å². The fraction of sp³-hybridized carbons (Fsp3) is 0.333. The average molecular weight is 280 g/mol. The minimum atomic E-state index is -0.562. The van der Waals surface area contributed by atoms with E-state index in [1.54, 1.807) is 0 Å². The summed E-state index contributed by atoms with van der Waals surface area (Å²) in [7, 11) is 1.45. The predicted molar refractivity (Wildman–Crippen MR) is 73.7 cm³/mol. The number of carbonyl (C=O) groups is 2. The van der Waals surface area contributed by atoms with Gasteiger partial charge < -0.3 is 16.0 Å². The van der Waals surface area contributed by atoms with Crippen LogP contribution in [0.3, 0.4) is 0 Å². The summed E-state index contributed by atoms with van der Waals surface area (Å²) in [6.07, 6.45) is 0. The molecule has 1 aromatic rings. The van der Waals surface area contributed by atoms with Gasteiger partial charge in [0.2, 0.25) is 5.91 Å². The number of likely N-dealkylation sites (N-methyl/N-ethyl adjacent to an activating group) is 1. The Morgan fingerprint density at radius 3 is 2.60 bits per heavy atom. The summed E-state index contributed by atoms with van der Waals surface area (Å²) in [4.78, 5) is 33.2. The highest BCUT2D eigenvalue weighted by Gasteiger charge is 2.17. The summed E-state index contributed by atoms with van der Waals surface area (Å²) < 4.78 is 0. The molecule has 2 amide bonds. The molecule has 0 aliphatic carbocycles. The highest BCUT2D eigenvalue weighted by molar-refractivity contribution is 5.97. The maximum absolute atomic E-state index is 11.8. The lowest BCUT2D eigenvalue weighted by atomic mass is 10.1. The van der Waals surface area contributed by atoms with Crippen molar-refractivity contribution >= 4 is 23.2 Å². The van der Waals surface area contributed by atoms with E-state index in [1.807, 2.05) is 6.92 Å². The van der Waals surface area contributed by atoms with Crippen LogP contribution in [0.1, 0.15) is 17.3 Å². The summed E-state index contributed by atoms with van der Waals surface area (Å²) in [6, 6.07) is 4.11. The van der Waals surface area contributed by atoms with E-state index in [1.165, 1.54) is 25.2 Å². The summed E-state index contributed by atoms with van der Waals surface area (Å²) in [5.41, 5.74) is 0.294. The Morgan fingerprint density at radius 2 is 2.05 bits per heavy atom. The SMILES string of the molecule is CCNc1ccc(C(=O)NCC(=O)NC)cc1[N+](=O)[O-]. The lowest BCUT2D eigenvalue weighted by Gasteiger charge is -2.07. The Hall–Kier alpha value is -2.64. The monoisotopic (exact) mass is 280 g/mol. The Kier molecular flexibility index (Phi) is 5.45. The van der Waals surface area contributed by atoms with Crippen molar-refractivity contribution in [3.8, 4) is 0 Å². The fourth-order valence-electron chi connectivity index (χ4n) is 1.51. The maximum atomic E-state index is 11.8. The molecule has 8 heteroatoms. The van der Waals surface area contributed by atoms with E-state index >= 15 is 0 Å². The van der Waals surface area contributed by atoms with Crippen LogP contribution in [0, 0.1) is 10.1 Å². The molecular formula is C12H16N4O4. The van der Waals surface area contributed by atoms with Crippen molar-refractivity contribution in [1.82, 2.24) is 10.6 Å². The number of hydrogen-bond acceptors (Lipinski definition) is 5. The van der Waals surface area contributed by atoms with Crippen LogP contribution in [0.25, 0.3) is 0 Å². The number of rotatable bonds is 6. The molecular weight excluding hydrogens is 264 g/mol. The second-order valence-electron chi connectivity index (χ2n) is 3.88. The molecule has 0 aliphatic rings. The minimum Gasteiger partial charge on any atom is -0.380 e. The molecule has 1 aromatic carbocycles. The predicted octanol–water partition coefficient (Wildman–Crippen LogP) is 0.502. The molecule has 1 rings (SSSR count). The minimum absolute atomic E-state index is 0.127. The molecule has 0 bridgehead atoms. The van der Waals surface area contributed by atoms with Gasteiger partial charge in [-0.05, 0) is 19.1 Å². The van der Waals surface area contributed by atoms with Gasteiger partial charge >= 0.3 is 0 Å². The van der Waals surface area contributed by atoms with Gasteiger partial charge in [-0.15, -0.1) is 0 Å². The number of nitrogens with zero attached hydrogens (tertiary/aromatic N) is 1. The van der Waals surface area contributed by atoms with Crippen LogP contribution in [-0.2, 0) is 4.79 Å². The van der Waals surface area contributed by atoms with Gasteiger partial charge in [-0.2, -0.15) is 0 Å². The second kappa shape index (κ2) is 7.07. The first-order chi connectivity index (χ1) is 9.49. The number of benzene rings is 1. The first-order valence-corrected chi connectivity index (χ1v) is 6.00. The quantitative estimate of drug-likeness (QED) is 0.519. The van der Waals surface area contributed by atoms with Gasteiger partial charge in [-0.3, -0.25) is 19.7 Å². The molecule has 0 unspecified atom stereocenters. The zero-order valence-electron chi connectivity index (χ0n) is 11.2. The molecule has 0 aliphatic heterocycles. The van der Waals surface area contributed by atoms with E-state index in [0.717, 1.165) is 0 Å². The molecule has 8 nitrogen and oxygen atoms in total. The van der Waals surface area contributed by atoms with Gasteiger partial charge in [0.05, 0.1) is 11.5 Å². The molecule has 0 spiro atoms. The van der Waals surface area contributed by atoms with Crippen LogP contribution >= 0.6 is 0 Å². The number of carbonyl (C=O) groups excluding carboxylic acids is 2. The van der Waals surface area contributed by atoms with E-state index < -0.39 is 10.8 Å². The molecule has 20 heavy (non-hydrogen) atoms. The summed E-state index contributed by atoms with van der Waals surface area (Å²) in [5.74, 6) is -0.892. The molecule has 0 heterocycles. The van der Waals surface area contributed by atoms with Crippen LogP contribution in [0.2, 0.25) is 0 Å². The van der Waals surface area contributed by atoms with Crippen LogP contribution in [0.5, 0.6) is 0 Å². The number of anilines is 1. The third kappa shape index (κ3) is 3.94. The standard InChI is InChI=1S/C12H16N4O4/c1-3-14-9-5-4-8(6-10(9)16(19)20)12(18)15-7-11(17)13-2/h4-6,14H,3,7H2,1-2H3,(H,13,17)(H,15,18). The molecule has 0 radical (unpaired) electrons. The molecule has 0 saturated carbocycles. The summed E-state index contributed by atoms with van der Waals surface area (Å²) in [6.45, 7) is 2.16. The van der Waals surface area contributed by atoms with Gasteiger partial charge in [-0.1, -0.05) is 0 Å². The zero-order valence-corrected chi connectivity index (χ0v) is 11.2. The van der Waals surface area contributed by atoms with Crippen molar-refractivity contribution in [2.45, 2.75) is 6.92 Å². The van der Waals surface area contributed by atoms with Crippen molar-refractivity contribution in [1.29, 1.82) is 0 Å². The number of nitro groups is 1. The highest BCUT2D eigenvalue weighted by Crippen LogP contribution is 2.25. The first-order valence-electron chi connectivity index (χ1n) is 6.00. The molecule has 108 valence electrons. The number of nitro benzene ring substituents is 1. The molecule has 0 atom stereocenters. The van der Waals surface area contributed by atoms with Crippen molar-refractivity contribution in [2.75, 3.05) is 25.5 Å². The lowest BCUT2D eigenvalue weighted by molar-refractivity contribution is -0.384. The third-order valence-electron chi connectivity index (χ3n) is 2.51. The van der Waals surface area contributed by atoms with Crippen molar-refractivity contribution in [2.24, 2.45) is 0 Å². The van der Waals surface area contributed by atoms with E-state index in [0.29, 0.717) is 12.2 Å². The second-order valence-corrected chi connectivity index (χ2v) is 3.88. The van der Waals surface area contributed by atoms with Gasteiger partial charge in [-0.25, -0.2) is 0 Å². The largest absolute Gasteiger partial charge is 0.380 e. The van der Waals surface area contributed by atoms with Crippen LogP contribution in [-0.4, -0.2) is 36.9 Å². The highest BCUT2D eigenvalue weighted by atomic mass is 16.6. The molecule has 0 fully saturated rings. The van der Waals surface area contributed by atoms with Gasteiger partial charge in [0.15, 0.2) is 0 Å².